The van der Waals surface area contributed by atoms with Gasteiger partial charge in [-0.2, -0.15) is 0 Å². The van der Waals surface area contributed by atoms with Gasteiger partial charge in [-0.3, -0.25) is 4.98 Å². The summed E-state index contributed by atoms with van der Waals surface area (Å²) in [6.07, 6.45) is 3.48. The summed E-state index contributed by atoms with van der Waals surface area (Å²) in [6, 6.07) is 18.4. The number of pyridine rings is 1. The summed E-state index contributed by atoms with van der Waals surface area (Å²) in [5.41, 5.74) is 5.12. The molecule has 37 heavy (non-hydrogen) atoms. The fourth-order valence-corrected chi connectivity index (χ4v) is 4.99. The number of benzene rings is 2. The minimum atomic E-state index is -0.278. The van der Waals surface area contributed by atoms with Crippen LogP contribution in [0.25, 0.3) is 33.5 Å². The molecule has 6 rings (SSSR count). The van der Waals surface area contributed by atoms with E-state index < -0.39 is 0 Å². The van der Waals surface area contributed by atoms with Crippen molar-refractivity contribution >= 4 is 16.9 Å². The topological polar surface area (TPSA) is 77.8 Å². The van der Waals surface area contributed by atoms with Crippen molar-refractivity contribution in [2.45, 2.75) is 32.7 Å². The molecule has 8 heteroatoms. The number of ether oxygens (including phenoxy) is 1. The monoisotopic (exact) mass is 494 g/mol. The fourth-order valence-electron chi connectivity index (χ4n) is 4.99. The molecule has 1 N–H and O–H groups in total. The van der Waals surface area contributed by atoms with Gasteiger partial charge < -0.3 is 14.6 Å². The molecule has 0 radical (unpaired) electrons. The zero-order valence-electron chi connectivity index (χ0n) is 20.8. The average Bonchev–Trinajstić information content (AvgIpc) is 3.47. The molecule has 186 valence electrons. The van der Waals surface area contributed by atoms with E-state index in [1.54, 1.807) is 18.3 Å². The van der Waals surface area contributed by atoms with Crippen LogP contribution in [0.15, 0.2) is 66.9 Å². The number of hydrogen-bond donors (Lipinski definition) is 1. The third kappa shape index (κ3) is 4.39. The van der Waals surface area contributed by atoms with Gasteiger partial charge in [-0.25, -0.2) is 19.3 Å². The van der Waals surface area contributed by atoms with E-state index in [2.05, 4.69) is 19.9 Å². The van der Waals surface area contributed by atoms with Gasteiger partial charge in [0.05, 0.1) is 28.6 Å². The molecule has 1 atom stereocenters. The Kier molecular flexibility index (Phi) is 6.00. The van der Waals surface area contributed by atoms with Gasteiger partial charge in [0, 0.05) is 41.9 Å². The summed E-state index contributed by atoms with van der Waals surface area (Å²) < 4.78 is 22.4. The van der Waals surface area contributed by atoms with Gasteiger partial charge in [0.2, 0.25) is 5.95 Å². The summed E-state index contributed by atoms with van der Waals surface area (Å²) in [4.78, 5) is 18.8. The molecule has 1 aliphatic rings. The molecule has 0 spiro atoms. The van der Waals surface area contributed by atoms with E-state index in [1.165, 1.54) is 12.1 Å². The lowest BCUT2D eigenvalue weighted by Crippen LogP contribution is -2.15. The van der Waals surface area contributed by atoms with E-state index in [-0.39, 0.29) is 11.9 Å². The van der Waals surface area contributed by atoms with E-state index in [4.69, 9.17) is 14.7 Å². The molecular formula is C29H27FN6O. The average molecular weight is 495 g/mol. The number of fused-ring (bicyclic) bond motifs is 2. The van der Waals surface area contributed by atoms with Gasteiger partial charge in [-0.15, -0.1) is 0 Å². The fraction of sp³-hybridized carbons (Fsp3) is 0.241. The van der Waals surface area contributed by atoms with Crippen molar-refractivity contribution in [1.29, 1.82) is 0 Å². The Labute approximate surface area is 214 Å². The zero-order chi connectivity index (χ0) is 25.4. The van der Waals surface area contributed by atoms with Crippen LogP contribution in [0.5, 0.6) is 5.75 Å². The second kappa shape index (κ2) is 9.61. The summed E-state index contributed by atoms with van der Waals surface area (Å²) in [6.45, 7) is 5.19. The highest BCUT2D eigenvalue weighted by molar-refractivity contribution is 5.85. The SMILES string of the molecule is CCNc1nccc(-c2c(-c3ccc(F)cc3)nc3n2C(COc2cc(C)nc4ccccc24)CC3)n1. The lowest BCUT2D eigenvalue weighted by molar-refractivity contribution is 0.258. The number of hydrogen-bond acceptors (Lipinski definition) is 6. The summed E-state index contributed by atoms with van der Waals surface area (Å²) in [5, 5.41) is 4.19. The Hall–Kier alpha value is -4.33. The van der Waals surface area contributed by atoms with Crippen LogP contribution in [-0.2, 0) is 6.42 Å². The molecular weight excluding hydrogens is 467 g/mol. The largest absolute Gasteiger partial charge is 0.491 e. The maximum atomic E-state index is 13.7. The van der Waals surface area contributed by atoms with Gasteiger partial charge >= 0.3 is 0 Å². The van der Waals surface area contributed by atoms with Gasteiger partial charge in [-0.05, 0) is 62.7 Å². The molecule has 2 aromatic carbocycles. The summed E-state index contributed by atoms with van der Waals surface area (Å²) in [7, 11) is 0. The highest BCUT2D eigenvalue weighted by atomic mass is 19.1. The van der Waals surface area contributed by atoms with Crippen LogP contribution in [0.1, 0.15) is 30.9 Å². The molecule has 3 aromatic heterocycles. The van der Waals surface area contributed by atoms with E-state index in [0.29, 0.717) is 19.1 Å². The summed E-state index contributed by atoms with van der Waals surface area (Å²) in [5.74, 6) is 2.08. The number of para-hydroxylation sites is 1. The van der Waals surface area contributed by atoms with E-state index >= 15 is 0 Å². The quantitative estimate of drug-likeness (QED) is 0.299. The number of rotatable bonds is 7. The van der Waals surface area contributed by atoms with Crippen molar-refractivity contribution < 1.29 is 9.13 Å². The van der Waals surface area contributed by atoms with Crippen molar-refractivity contribution in [3.63, 3.8) is 0 Å². The summed E-state index contributed by atoms with van der Waals surface area (Å²) >= 11 is 0. The second-order valence-electron chi connectivity index (χ2n) is 9.18. The molecule has 0 bridgehead atoms. The van der Waals surface area contributed by atoms with Crippen LogP contribution in [0, 0.1) is 12.7 Å². The van der Waals surface area contributed by atoms with Crippen molar-refractivity contribution in [2.24, 2.45) is 0 Å². The minimum absolute atomic E-state index is 0.0662. The lowest BCUT2D eigenvalue weighted by atomic mass is 10.1. The first kappa shape index (κ1) is 23.1. The Morgan fingerprint density at radius 3 is 2.73 bits per heavy atom. The molecule has 0 saturated carbocycles. The first-order valence-electron chi connectivity index (χ1n) is 12.5. The third-order valence-electron chi connectivity index (χ3n) is 6.64. The number of nitrogens with one attached hydrogen (secondary N) is 1. The van der Waals surface area contributed by atoms with Crippen LogP contribution >= 0.6 is 0 Å². The number of nitrogens with zero attached hydrogens (tertiary/aromatic N) is 5. The second-order valence-corrected chi connectivity index (χ2v) is 9.18. The Balaban J connectivity index is 1.41. The maximum absolute atomic E-state index is 13.7. The minimum Gasteiger partial charge on any atom is -0.491 e. The van der Waals surface area contributed by atoms with Crippen LogP contribution < -0.4 is 10.1 Å². The molecule has 0 amide bonds. The van der Waals surface area contributed by atoms with Gasteiger partial charge in [0.15, 0.2) is 0 Å². The molecule has 7 nitrogen and oxygen atoms in total. The molecule has 0 saturated heterocycles. The maximum Gasteiger partial charge on any atom is 0.223 e. The molecule has 1 aliphatic heterocycles. The van der Waals surface area contributed by atoms with Gasteiger partial charge in [-0.1, -0.05) is 12.1 Å². The van der Waals surface area contributed by atoms with Crippen molar-refractivity contribution in [3.05, 3.63) is 84.2 Å². The number of halogens is 1. The van der Waals surface area contributed by atoms with E-state index in [9.17, 15) is 4.39 Å². The first-order chi connectivity index (χ1) is 18.1. The Bertz CT molecular complexity index is 1580. The first-order valence-corrected chi connectivity index (χ1v) is 12.5. The van der Waals surface area contributed by atoms with Crippen LogP contribution in [0.2, 0.25) is 0 Å². The Morgan fingerprint density at radius 2 is 1.89 bits per heavy atom. The number of anilines is 1. The molecule has 0 fully saturated rings. The predicted octanol–water partition coefficient (Wildman–Crippen LogP) is 6.00. The van der Waals surface area contributed by atoms with Gasteiger partial charge in [0.1, 0.15) is 24.0 Å². The number of imidazole rings is 1. The van der Waals surface area contributed by atoms with Crippen LogP contribution in [0.4, 0.5) is 10.3 Å². The van der Waals surface area contributed by atoms with Crippen molar-refractivity contribution in [1.82, 2.24) is 24.5 Å². The van der Waals surface area contributed by atoms with Crippen LogP contribution in [0.3, 0.4) is 0 Å². The van der Waals surface area contributed by atoms with Crippen molar-refractivity contribution in [2.75, 3.05) is 18.5 Å². The molecule has 4 heterocycles. The zero-order valence-corrected chi connectivity index (χ0v) is 20.8. The molecule has 0 aliphatic carbocycles. The number of aryl methyl sites for hydroxylation is 2. The highest BCUT2D eigenvalue weighted by Crippen LogP contribution is 2.40. The number of aromatic nitrogens is 5. The Morgan fingerprint density at radius 1 is 1.05 bits per heavy atom. The smallest absolute Gasteiger partial charge is 0.223 e. The lowest BCUT2D eigenvalue weighted by Gasteiger charge is -2.19. The van der Waals surface area contributed by atoms with E-state index in [0.717, 1.165) is 63.7 Å². The molecule has 1 unspecified atom stereocenters. The van der Waals surface area contributed by atoms with Crippen molar-refractivity contribution in [3.8, 4) is 28.4 Å². The van der Waals surface area contributed by atoms with Gasteiger partial charge in [0.25, 0.3) is 0 Å². The normalized spacial score (nSPS) is 14.6. The standard InChI is InChI=1S/C29H27FN6O/c1-3-31-29-32-15-14-24(34-29)28-27(19-8-10-20(30)11-9-19)35-26-13-12-21(36(26)28)17-37-25-16-18(2)33-23-7-5-4-6-22(23)25/h4-11,14-16,21H,3,12-13,17H2,1-2H3,(H,31,32,34). The third-order valence-corrected chi connectivity index (χ3v) is 6.64. The van der Waals surface area contributed by atoms with E-state index in [1.807, 2.05) is 50.2 Å². The predicted molar refractivity (Wildman–Crippen MR) is 142 cm³/mol. The highest BCUT2D eigenvalue weighted by Gasteiger charge is 2.31. The van der Waals surface area contributed by atoms with Crippen LogP contribution in [-0.4, -0.2) is 37.7 Å². The molecule has 5 aromatic rings.